The fraction of sp³-hybridized carbons (Fsp3) is 0.316. The molecule has 3 nitrogen and oxygen atoms in total. The van der Waals surface area contributed by atoms with E-state index in [0.29, 0.717) is 6.54 Å². The van der Waals surface area contributed by atoms with Gasteiger partial charge < -0.3 is 4.90 Å². The van der Waals surface area contributed by atoms with E-state index in [1.807, 2.05) is 61.3 Å². The number of rotatable bonds is 4. The Morgan fingerprint density at radius 2 is 2.04 bits per heavy atom. The molecule has 0 radical (unpaired) electrons. The number of carbonyl (C=O) groups excluding carboxylic acids is 1. The summed E-state index contributed by atoms with van der Waals surface area (Å²) < 4.78 is 0. The van der Waals surface area contributed by atoms with E-state index in [4.69, 9.17) is 11.6 Å². The van der Waals surface area contributed by atoms with E-state index < -0.39 is 0 Å². The van der Waals surface area contributed by atoms with Crippen LogP contribution in [0.2, 0.25) is 5.02 Å². The topological polar surface area (TPSA) is 23.6 Å². The smallest absolute Gasteiger partial charge is 0.244 e. The number of nitrogens with zero attached hydrogens (tertiary/aromatic N) is 2. The first-order chi connectivity index (χ1) is 11.1. The summed E-state index contributed by atoms with van der Waals surface area (Å²) >= 11 is 6.04. The van der Waals surface area contributed by atoms with Crippen molar-refractivity contribution in [1.29, 1.82) is 0 Å². The van der Waals surface area contributed by atoms with Crippen LogP contribution in [-0.2, 0) is 17.8 Å². The van der Waals surface area contributed by atoms with Gasteiger partial charge in [-0.15, -0.1) is 0 Å². The van der Waals surface area contributed by atoms with E-state index in [1.54, 1.807) is 0 Å². The summed E-state index contributed by atoms with van der Waals surface area (Å²) in [6.45, 7) is 3.43. The summed E-state index contributed by atoms with van der Waals surface area (Å²) in [7, 11) is 1.98. The largest absolute Gasteiger partial charge is 0.310 e. The molecule has 0 saturated heterocycles. The molecule has 23 heavy (non-hydrogen) atoms. The maximum absolute atomic E-state index is 12.9. The van der Waals surface area contributed by atoms with Gasteiger partial charge in [0, 0.05) is 23.8 Å². The van der Waals surface area contributed by atoms with E-state index in [0.717, 1.165) is 29.2 Å². The maximum Gasteiger partial charge on any atom is 0.244 e. The molecule has 0 aromatic heterocycles. The normalized spacial score (nSPS) is 14.9. The molecule has 1 aliphatic rings. The van der Waals surface area contributed by atoms with Gasteiger partial charge in [-0.1, -0.05) is 41.9 Å². The highest BCUT2D eigenvalue weighted by atomic mass is 35.5. The molecule has 1 atom stereocenters. The Morgan fingerprint density at radius 1 is 1.26 bits per heavy atom. The predicted molar refractivity (Wildman–Crippen MR) is 94.9 cm³/mol. The summed E-state index contributed by atoms with van der Waals surface area (Å²) in [6, 6.07) is 15.7. The van der Waals surface area contributed by atoms with Crippen molar-refractivity contribution in [2.75, 3.05) is 18.5 Å². The Balaban J connectivity index is 1.70. The van der Waals surface area contributed by atoms with E-state index >= 15 is 0 Å². The standard InChI is InChI=1S/C19H21ClN2O/c1-14(21(2)13-15-6-5-8-17(20)12-15)19(23)22-11-10-16-7-3-4-9-18(16)22/h3-9,12,14H,10-11,13H2,1-2H3. The second-order valence-corrected chi connectivity index (χ2v) is 6.53. The molecule has 0 spiro atoms. The number of hydrogen-bond donors (Lipinski definition) is 0. The molecular weight excluding hydrogens is 308 g/mol. The van der Waals surface area contributed by atoms with Crippen LogP contribution < -0.4 is 4.90 Å². The van der Waals surface area contributed by atoms with Crippen LogP contribution in [0.25, 0.3) is 0 Å². The SMILES string of the molecule is CC(C(=O)N1CCc2ccccc21)N(C)Cc1cccc(Cl)c1. The molecule has 1 aliphatic heterocycles. The number of amides is 1. The Bertz CT molecular complexity index is 716. The zero-order valence-electron chi connectivity index (χ0n) is 13.5. The Kier molecular flexibility index (Phi) is 4.69. The Labute approximate surface area is 142 Å². The highest BCUT2D eigenvalue weighted by Gasteiger charge is 2.29. The molecule has 1 unspecified atom stereocenters. The summed E-state index contributed by atoms with van der Waals surface area (Å²) in [4.78, 5) is 16.8. The van der Waals surface area contributed by atoms with Gasteiger partial charge in [0.05, 0.1) is 6.04 Å². The number of fused-ring (bicyclic) bond motifs is 1. The first kappa shape index (κ1) is 16.0. The molecule has 3 rings (SSSR count). The number of carbonyl (C=O) groups is 1. The number of halogens is 1. The minimum absolute atomic E-state index is 0.152. The lowest BCUT2D eigenvalue weighted by atomic mass is 10.1. The number of benzene rings is 2. The lowest BCUT2D eigenvalue weighted by Gasteiger charge is -2.28. The summed E-state index contributed by atoms with van der Waals surface area (Å²) in [5, 5.41) is 0.725. The lowest BCUT2D eigenvalue weighted by molar-refractivity contribution is -0.122. The Hall–Kier alpha value is -1.84. The molecule has 2 aromatic carbocycles. The predicted octanol–water partition coefficient (Wildman–Crippen LogP) is 3.75. The van der Waals surface area contributed by atoms with Crippen molar-refractivity contribution in [2.24, 2.45) is 0 Å². The van der Waals surface area contributed by atoms with Crippen LogP contribution in [0, 0.1) is 0 Å². The number of likely N-dealkylation sites (N-methyl/N-ethyl adjacent to an activating group) is 1. The number of anilines is 1. The maximum atomic E-state index is 12.9. The monoisotopic (exact) mass is 328 g/mol. The van der Waals surface area contributed by atoms with Gasteiger partial charge in [0.1, 0.15) is 0 Å². The highest BCUT2D eigenvalue weighted by Crippen LogP contribution is 2.28. The van der Waals surface area contributed by atoms with Crippen LogP contribution in [0.5, 0.6) is 0 Å². The molecule has 2 aromatic rings. The summed E-state index contributed by atoms with van der Waals surface area (Å²) in [6.07, 6.45) is 0.937. The zero-order chi connectivity index (χ0) is 16.4. The van der Waals surface area contributed by atoms with Crippen molar-refractivity contribution < 1.29 is 4.79 Å². The van der Waals surface area contributed by atoms with E-state index in [1.165, 1.54) is 5.56 Å². The van der Waals surface area contributed by atoms with Gasteiger partial charge in [-0.05, 0) is 49.7 Å². The quantitative estimate of drug-likeness (QED) is 0.853. The molecule has 0 saturated carbocycles. The van der Waals surface area contributed by atoms with Crippen molar-refractivity contribution in [3.63, 3.8) is 0 Å². The molecule has 0 aliphatic carbocycles. The fourth-order valence-corrected chi connectivity index (χ4v) is 3.25. The second kappa shape index (κ2) is 6.73. The summed E-state index contributed by atoms with van der Waals surface area (Å²) in [5.74, 6) is 0.152. The van der Waals surface area contributed by atoms with Crippen molar-refractivity contribution in [1.82, 2.24) is 4.90 Å². The highest BCUT2D eigenvalue weighted by molar-refractivity contribution is 6.30. The van der Waals surface area contributed by atoms with Crippen LogP contribution in [0.4, 0.5) is 5.69 Å². The average molecular weight is 329 g/mol. The molecular formula is C19H21ClN2O. The third-order valence-electron chi connectivity index (χ3n) is 4.49. The van der Waals surface area contributed by atoms with Gasteiger partial charge in [0.15, 0.2) is 0 Å². The first-order valence-corrected chi connectivity index (χ1v) is 8.28. The van der Waals surface area contributed by atoms with E-state index in [9.17, 15) is 4.79 Å². The van der Waals surface area contributed by atoms with Gasteiger partial charge in [0.2, 0.25) is 5.91 Å². The fourth-order valence-electron chi connectivity index (χ4n) is 3.04. The molecule has 0 fully saturated rings. The minimum Gasteiger partial charge on any atom is -0.310 e. The molecule has 120 valence electrons. The van der Waals surface area contributed by atoms with Gasteiger partial charge in [0.25, 0.3) is 0 Å². The van der Waals surface area contributed by atoms with Crippen LogP contribution in [0.1, 0.15) is 18.1 Å². The van der Waals surface area contributed by atoms with Crippen LogP contribution in [0.15, 0.2) is 48.5 Å². The van der Waals surface area contributed by atoms with Crippen LogP contribution in [-0.4, -0.2) is 30.4 Å². The Morgan fingerprint density at radius 3 is 2.83 bits per heavy atom. The van der Waals surface area contributed by atoms with Gasteiger partial charge in [-0.25, -0.2) is 0 Å². The molecule has 0 bridgehead atoms. The van der Waals surface area contributed by atoms with Gasteiger partial charge in [-0.2, -0.15) is 0 Å². The lowest BCUT2D eigenvalue weighted by Crippen LogP contribution is -2.45. The summed E-state index contributed by atoms with van der Waals surface area (Å²) in [5.41, 5.74) is 3.42. The van der Waals surface area contributed by atoms with Crippen molar-refractivity contribution in [2.45, 2.75) is 25.9 Å². The molecule has 4 heteroatoms. The van der Waals surface area contributed by atoms with Crippen LogP contribution in [0.3, 0.4) is 0 Å². The molecule has 1 heterocycles. The van der Waals surface area contributed by atoms with Crippen molar-refractivity contribution in [3.8, 4) is 0 Å². The molecule has 0 N–H and O–H groups in total. The number of para-hydroxylation sites is 1. The van der Waals surface area contributed by atoms with Crippen molar-refractivity contribution >= 4 is 23.2 Å². The minimum atomic E-state index is -0.180. The third kappa shape index (κ3) is 3.41. The third-order valence-corrected chi connectivity index (χ3v) is 4.73. The molecule has 1 amide bonds. The van der Waals surface area contributed by atoms with Gasteiger partial charge >= 0.3 is 0 Å². The number of hydrogen-bond acceptors (Lipinski definition) is 2. The zero-order valence-corrected chi connectivity index (χ0v) is 14.3. The van der Waals surface area contributed by atoms with Gasteiger partial charge in [-0.3, -0.25) is 9.69 Å². The average Bonchev–Trinajstić information content (AvgIpc) is 2.97. The van der Waals surface area contributed by atoms with E-state index in [2.05, 4.69) is 11.0 Å². The van der Waals surface area contributed by atoms with Crippen LogP contribution >= 0.6 is 11.6 Å². The van der Waals surface area contributed by atoms with E-state index in [-0.39, 0.29) is 11.9 Å². The van der Waals surface area contributed by atoms with Crippen molar-refractivity contribution in [3.05, 3.63) is 64.7 Å². The second-order valence-electron chi connectivity index (χ2n) is 6.09. The first-order valence-electron chi connectivity index (χ1n) is 7.90.